The number of rotatable bonds is 4. The normalized spacial score (nSPS) is 10.9. The van der Waals surface area contributed by atoms with Gasteiger partial charge >= 0.3 is 0 Å². The van der Waals surface area contributed by atoms with Crippen LogP contribution in [-0.2, 0) is 0 Å². The number of para-hydroxylation sites is 1. The molecule has 0 aliphatic rings. The van der Waals surface area contributed by atoms with E-state index in [0.29, 0.717) is 32.9 Å². The third-order valence-electron chi connectivity index (χ3n) is 8.30. The highest BCUT2D eigenvalue weighted by molar-refractivity contribution is 6.31. The first-order valence-electron chi connectivity index (χ1n) is 15.7. The van der Waals surface area contributed by atoms with Gasteiger partial charge < -0.3 is 29.4 Å². The fraction of sp³-hybridized carbons (Fsp3) is 0.128. The second kappa shape index (κ2) is 13.7. The number of H-pyrrole nitrogens is 4. The molecular formula is C39H34ClFN4O4. The maximum atomic E-state index is 14.6. The van der Waals surface area contributed by atoms with Gasteiger partial charge in [-0.25, -0.2) is 4.39 Å². The molecule has 4 heterocycles. The van der Waals surface area contributed by atoms with Crippen LogP contribution in [0.4, 0.5) is 4.39 Å². The number of halogens is 2. The Hall–Kier alpha value is -5.80. The Morgan fingerprint density at radius 3 is 1.80 bits per heavy atom. The van der Waals surface area contributed by atoms with Gasteiger partial charge in [0.1, 0.15) is 11.5 Å². The highest BCUT2D eigenvalue weighted by Gasteiger charge is 2.19. The molecule has 49 heavy (non-hydrogen) atoms. The lowest BCUT2D eigenvalue weighted by Gasteiger charge is -2.09. The van der Waals surface area contributed by atoms with Gasteiger partial charge in [-0.2, -0.15) is 0 Å². The number of fused-ring (bicyclic) bond motifs is 6. The quantitative estimate of drug-likeness (QED) is 0.149. The molecule has 0 unspecified atom stereocenters. The maximum Gasteiger partial charge on any atom is 0.285 e. The van der Waals surface area contributed by atoms with E-state index in [1.807, 2.05) is 87.5 Å². The zero-order valence-electron chi connectivity index (χ0n) is 27.5. The van der Waals surface area contributed by atoms with Crippen LogP contribution in [0.25, 0.3) is 66.1 Å². The molecule has 0 saturated carbocycles. The number of aromatic nitrogens is 4. The van der Waals surface area contributed by atoms with Crippen LogP contribution in [0.15, 0.2) is 101 Å². The van der Waals surface area contributed by atoms with E-state index in [-0.39, 0.29) is 11.1 Å². The number of nitrogens with one attached hydrogen (secondary N) is 4. The van der Waals surface area contributed by atoms with Crippen molar-refractivity contribution in [2.75, 3.05) is 14.2 Å². The summed E-state index contributed by atoms with van der Waals surface area (Å²) in [5, 5.41) is 2.38. The van der Waals surface area contributed by atoms with E-state index in [0.717, 1.165) is 49.7 Å². The van der Waals surface area contributed by atoms with E-state index in [9.17, 15) is 14.0 Å². The number of benzene rings is 4. The summed E-state index contributed by atoms with van der Waals surface area (Å²) in [5.41, 5.74) is 7.05. The van der Waals surface area contributed by atoms with Crippen LogP contribution in [0.5, 0.6) is 11.5 Å². The van der Waals surface area contributed by atoms with Crippen molar-refractivity contribution in [2.24, 2.45) is 0 Å². The Kier molecular flexibility index (Phi) is 9.29. The fourth-order valence-corrected chi connectivity index (χ4v) is 6.20. The lowest BCUT2D eigenvalue weighted by Crippen LogP contribution is -2.12. The standard InChI is InChI=1S/C19H15ClN2O2.C18H13FN2O2.C2H6/c1-10-16(11-4-3-5-13(8-11)24-2)18-17(22-19(10)23)14-9-12(20)6-7-15(14)21-18;1-23-11-6-4-5-10(9-11)14-15(19)18(22)21-16-12-7-2-3-8-13(12)20-17(14)16;1-2/h3-9,21H,1-2H3,(H,22,23);2-9,20H,1H3,(H,21,22);1-2H3. The highest BCUT2D eigenvalue weighted by Crippen LogP contribution is 2.36. The molecule has 0 spiro atoms. The van der Waals surface area contributed by atoms with Crippen LogP contribution < -0.4 is 20.6 Å². The van der Waals surface area contributed by atoms with E-state index in [1.165, 1.54) is 0 Å². The number of hydrogen-bond acceptors (Lipinski definition) is 4. The molecule has 10 heteroatoms. The van der Waals surface area contributed by atoms with Gasteiger partial charge in [-0.3, -0.25) is 9.59 Å². The zero-order chi connectivity index (χ0) is 34.8. The molecule has 0 bridgehead atoms. The largest absolute Gasteiger partial charge is 0.497 e. The Morgan fingerprint density at radius 2 is 1.14 bits per heavy atom. The third-order valence-corrected chi connectivity index (χ3v) is 8.53. The van der Waals surface area contributed by atoms with Crippen molar-refractivity contribution >= 4 is 55.5 Å². The summed E-state index contributed by atoms with van der Waals surface area (Å²) in [6, 6.07) is 27.9. The lowest BCUT2D eigenvalue weighted by molar-refractivity contribution is 0.415. The number of ether oxygens (including phenoxy) is 2. The molecule has 0 aliphatic heterocycles. The Bertz CT molecular complexity index is 2600. The van der Waals surface area contributed by atoms with Crippen LogP contribution in [0.1, 0.15) is 19.4 Å². The van der Waals surface area contributed by atoms with Crippen LogP contribution in [0, 0.1) is 12.7 Å². The molecule has 4 N–H and O–H groups in total. The molecule has 0 aliphatic carbocycles. The zero-order valence-corrected chi connectivity index (χ0v) is 28.3. The molecule has 8 nitrogen and oxygen atoms in total. The highest BCUT2D eigenvalue weighted by atomic mass is 35.5. The average Bonchev–Trinajstić information content (AvgIpc) is 3.67. The summed E-state index contributed by atoms with van der Waals surface area (Å²) < 4.78 is 25.1. The molecule has 0 saturated heterocycles. The molecule has 4 aromatic heterocycles. The molecule has 8 rings (SSSR count). The van der Waals surface area contributed by atoms with Crippen molar-refractivity contribution < 1.29 is 13.9 Å². The predicted octanol–water partition coefficient (Wildman–Crippen LogP) is 9.50. The second-order valence-electron chi connectivity index (χ2n) is 11.0. The van der Waals surface area contributed by atoms with Gasteiger partial charge in [0.05, 0.1) is 36.3 Å². The summed E-state index contributed by atoms with van der Waals surface area (Å²) in [6.45, 7) is 5.82. The number of hydrogen-bond donors (Lipinski definition) is 4. The van der Waals surface area contributed by atoms with Gasteiger partial charge in [0.25, 0.3) is 11.1 Å². The van der Waals surface area contributed by atoms with Crippen LogP contribution in [-0.4, -0.2) is 34.2 Å². The molecule has 0 fully saturated rings. The third kappa shape index (κ3) is 6.05. The van der Waals surface area contributed by atoms with E-state index in [1.54, 1.807) is 38.5 Å². The second-order valence-corrected chi connectivity index (χ2v) is 11.5. The SMILES string of the molecule is CC.COc1cccc(-c2c(C)c(=O)[nH]c3c2[nH]c2ccc(Cl)cc23)c1.COc1cccc(-c2c(F)c(=O)[nH]c3c2[nH]c2ccccc23)c1. The van der Waals surface area contributed by atoms with Crippen LogP contribution in [0.2, 0.25) is 5.02 Å². The van der Waals surface area contributed by atoms with Crippen LogP contribution in [0.3, 0.4) is 0 Å². The molecule has 0 radical (unpaired) electrons. The Balaban J connectivity index is 0.000000162. The van der Waals surface area contributed by atoms with Gasteiger partial charge in [-0.1, -0.05) is 67.9 Å². The molecule has 0 amide bonds. The van der Waals surface area contributed by atoms with Gasteiger partial charge in [-0.15, -0.1) is 0 Å². The summed E-state index contributed by atoms with van der Waals surface area (Å²) in [5.74, 6) is 0.545. The first kappa shape index (κ1) is 33.1. The molecule has 8 aromatic rings. The maximum absolute atomic E-state index is 14.6. The molecule has 0 atom stereocenters. The van der Waals surface area contributed by atoms with E-state index >= 15 is 0 Å². The monoisotopic (exact) mass is 676 g/mol. The minimum atomic E-state index is -0.808. The minimum Gasteiger partial charge on any atom is -0.497 e. The number of methoxy groups -OCH3 is 2. The van der Waals surface area contributed by atoms with Gasteiger partial charge in [0.15, 0.2) is 5.82 Å². The van der Waals surface area contributed by atoms with E-state index in [4.69, 9.17) is 21.1 Å². The first-order chi connectivity index (χ1) is 23.8. The fourth-order valence-electron chi connectivity index (χ4n) is 6.03. The van der Waals surface area contributed by atoms with Crippen molar-refractivity contribution in [3.05, 3.63) is 128 Å². The van der Waals surface area contributed by atoms with Crippen molar-refractivity contribution in [3.63, 3.8) is 0 Å². The molecule has 248 valence electrons. The summed E-state index contributed by atoms with van der Waals surface area (Å²) in [4.78, 5) is 36.7. The van der Waals surface area contributed by atoms with Crippen molar-refractivity contribution in [2.45, 2.75) is 20.8 Å². The first-order valence-corrected chi connectivity index (χ1v) is 16.1. The average molecular weight is 677 g/mol. The summed E-state index contributed by atoms with van der Waals surface area (Å²) >= 11 is 6.12. The van der Waals surface area contributed by atoms with Crippen molar-refractivity contribution in [1.29, 1.82) is 0 Å². The number of pyridine rings is 2. The lowest BCUT2D eigenvalue weighted by atomic mass is 10.00. The van der Waals surface area contributed by atoms with Gasteiger partial charge in [-0.05, 0) is 66.6 Å². The molecule has 4 aromatic carbocycles. The number of aromatic amines is 4. The predicted molar refractivity (Wildman–Crippen MR) is 198 cm³/mol. The topological polar surface area (TPSA) is 116 Å². The summed E-state index contributed by atoms with van der Waals surface area (Å²) in [7, 11) is 3.18. The summed E-state index contributed by atoms with van der Waals surface area (Å²) in [6.07, 6.45) is 0. The van der Waals surface area contributed by atoms with Gasteiger partial charge in [0, 0.05) is 43.5 Å². The van der Waals surface area contributed by atoms with Crippen LogP contribution >= 0.6 is 11.6 Å². The Morgan fingerprint density at radius 1 is 0.592 bits per heavy atom. The van der Waals surface area contributed by atoms with Gasteiger partial charge in [0.2, 0.25) is 0 Å². The van der Waals surface area contributed by atoms with Crippen molar-refractivity contribution in [3.8, 4) is 33.8 Å². The minimum absolute atomic E-state index is 0.110. The smallest absolute Gasteiger partial charge is 0.285 e. The van der Waals surface area contributed by atoms with E-state index in [2.05, 4.69) is 19.9 Å². The van der Waals surface area contributed by atoms with E-state index < -0.39 is 11.4 Å². The molecular weight excluding hydrogens is 643 g/mol. The van der Waals surface area contributed by atoms with Crippen molar-refractivity contribution in [1.82, 2.24) is 19.9 Å². The Labute approximate surface area is 285 Å².